The van der Waals surface area contributed by atoms with Crippen molar-refractivity contribution in [2.24, 2.45) is 0 Å². The molecule has 1 aromatic carbocycles. The maximum atomic E-state index is 5.71. The van der Waals surface area contributed by atoms with Crippen molar-refractivity contribution in [1.82, 2.24) is 0 Å². The van der Waals surface area contributed by atoms with Crippen LogP contribution in [0.2, 0.25) is 0 Å². The quantitative estimate of drug-likeness (QED) is 0.579. The van der Waals surface area contributed by atoms with Gasteiger partial charge in [-0.2, -0.15) is 0 Å². The van der Waals surface area contributed by atoms with Crippen LogP contribution < -0.4 is 0 Å². The summed E-state index contributed by atoms with van der Waals surface area (Å²) in [6, 6.07) is 10.0. The van der Waals surface area contributed by atoms with Gasteiger partial charge in [-0.15, -0.1) is 0 Å². The average molecular weight is 131 g/mol. The van der Waals surface area contributed by atoms with Gasteiger partial charge in [-0.1, -0.05) is 43.8 Å². The molecule has 0 heterocycles. The fourth-order valence-electron chi connectivity index (χ4n) is 0.856. The Morgan fingerprint density at radius 3 is 2.40 bits per heavy atom. The molecule has 0 atom stereocenters. The molecule has 0 heteroatoms. The van der Waals surface area contributed by atoms with Crippen LogP contribution in [0, 0.1) is 6.58 Å². The normalized spacial score (nSPS) is 9.30. The number of hydrogen-bond donors (Lipinski definition) is 0. The molecular weight excluding hydrogens is 120 g/mol. The van der Waals surface area contributed by atoms with Crippen molar-refractivity contribution in [2.75, 3.05) is 0 Å². The zero-order valence-corrected chi connectivity index (χ0v) is 6.17. The first-order valence-electron chi connectivity index (χ1n) is 3.51. The van der Waals surface area contributed by atoms with Gasteiger partial charge in [0.25, 0.3) is 0 Å². The maximum absolute atomic E-state index is 5.71. The summed E-state index contributed by atoms with van der Waals surface area (Å²) >= 11 is 0. The van der Waals surface area contributed by atoms with Crippen molar-refractivity contribution < 1.29 is 0 Å². The van der Waals surface area contributed by atoms with Gasteiger partial charge in [0.15, 0.2) is 0 Å². The second kappa shape index (κ2) is 3.21. The molecule has 0 saturated heterocycles. The summed E-state index contributed by atoms with van der Waals surface area (Å²) in [5.41, 5.74) is 2.10. The highest BCUT2D eigenvalue weighted by molar-refractivity contribution is 5.61. The van der Waals surface area contributed by atoms with Crippen LogP contribution in [0.15, 0.2) is 30.3 Å². The van der Waals surface area contributed by atoms with Crippen LogP contribution in [0.3, 0.4) is 0 Å². The van der Waals surface area contributed by atoms with Crippen LogP contribution in [-0.2, 0) is 0 Å². The third kappa shape index (κ3) is 1.47. The summed E-state index contributed by atoms with van der Waals surface area (Å²) in [4.78, 5) is 0. The number of rotatable bonds is 2. The second-order valence-electron chi connectivity index (χ2n) is 2.24. The topological polar surface area (TPSA) is 0 Å². The van der Waals surface area contributed by atoms with E-state index in [4.69, 9.17) is 6.58 Å². The Morgan fingerprint density at radius 2 is 1.90 bits per heavy atom. The molecule has 10 heavy (non-hydrogen) atoms. The van der Waals surface area contributed by atoms with E-state index >= 15 is 0 Å². The van der Waals surface area contributed by atoms with Gasteiger partial charge < -0.3 is 0 Å². The number of benzene rings is 1. The molecule has 0 unspecified atom stereocenters. The van der Waals surface area contributed by atoms with Gasteiger partial charge in [0.2, 0.25) is 0 Å². The highest BCUT2D eigenvalue weighted by atomic mass is 14.0. The molecule has 0 aromatic heterocycles. The zero-order valence-electron chi connectivity index (χ0n) is 6.17. The molecule has 1 radical (unpaired) electrons. The Balaban J connectivity index is 2.85. The van der Waals surface area contributed by atoms with Crippen LogP contribution >= 0.6 is 0 Å². The average Bonchev–Trinajstić information content (AvgIpc) is 2.05. The molecule has 0 spiro atoms. The number of hydrogen-bond acceptors (Lipinski definition) is 0. The highest BCUT2D eigenvalue weighted by Crippen LogP contribution is 2.13. The van der Waals surface area contributed by atoms with Crippen molar-refractivity contribution in [3.05, 3.63) is 42.5 Å². The zero-order chi connectivity index (χ0) is 7.40. The molecule has 1 aromatic rings. The molecule has 0 N–H and O–H groups in total. The van der Waals surface area contributed by atoms with Crippen molar-refractivity contribution in [3.63, 3.8) is 0 Å². The Bertz CT molecular complexity index is 209. The van der Waals surface area contributed by atoms with E-state index in [-0.39, 0.29) is 0 Å². The first-order valence-corrected chi connectivity index (χ1v) is 3.51. The van der Waals surface area contributed by atoms with Crippen molar-refractivity contribution in [1.29, 1.82) is 0 Å². The Labute approximate surface area is 62.2 Å². The second-order valence-corrected chi connectivity index (χ2v) is 2.24. The molecule has 0 fully saturated rings. The van der Waals surface area contributed by atoms with Gasteiger partial charge in [-0.25, -0.2) is 0 Å². The van der Waals surface area contributed by atoms with Gasteiger partial charge in [0, 0.05) is 0 Å². The fraction of sp³-hybridized carbons (Fsp3) is 0.200. The molecule has 0 aliphatic carbocycles. The maximum Gasteiger partial charge on any atom is -0.0225 e. The summed E-state index contributed by atoms with van der Waals surface area (Å²) in [5.74, 6) is 0. The predicted molar refractivity (Wildman–Crippen MR) is 44.4 cm³/mol. The summed E-state index contributed by atoms with van der Waals surface area (Å²) in [7, 11) is 0. The Kier molecular flexibility index (Phi) is 2.27. The fourth-order valence-corrected chi connectivity index (χ4v) is 0.856. The Hall–Kier alpha value is -1.04. The minimum Gasteiger partial charge on any atom is -0.0622 e. The predicted octanol–water partition coefficient (Wildman–Crippen LogP) is 2.91. The monoisotopic (exact) mass is 131 g/mol. The van der Waals surface area contributed by atoms with Gasteiger partial charge in [-0.3, -0.25) is 0 Å². The molecule has 0 aliphatic rings. The molecule has 0 amide bonds. The molecule has 51 valence electrons. The van der Waals surface area contributed by atoms with E-state index in [9.17, 15) is 0 Å². The van der Waals surface area contributed by atoms with Gasteiger partial charge in [-0.05, 0) is 17.6 Å². The molecule has 0 aliphatic heterocycles. The molecular formula is C10H11. The van der Waals surface area contributed by atoms with Crippen LogP contribution in [0.1, 0.15) is 18.9 Å². The highest BCUT2D eigenvalue weighted by Gasteiger charge is 1.91. The first-order chi connectivity index (χ1) is 4.84. The lowest BCUT2D eigenvalue weighted by molar-refractivity contribution is 1.24. The smallest absolute Gasteiger partial charge is 0.0225 e. The van der Waals surface area contributed by atoms with E-state index in [1.54, 1.807) is 0 Å². The molecule has 0 saturated carbocycles. The van der Waals surface area contributed by atoms with Gasteiger partial charge >= 0.3 is 0 Å². The summed E-state index contributed by atoms with van der Waals surface area (Å²) in [6.45, 7) is 7.77. The van der Waals surface area contributed by atoms with Crippen molar-refractivity contribution in [3.8, 4) is 0 Å². The lowest BCUT2D eigenvalue weighted by atomic mass is 10.1. The minimum atomic E-state index is 0.921. The molecule has 0 bridgehead atoms. The van der Waals surface area contributed by atoms with Crippen molar-refractivity contribution >= 4 is 5.57 Å². The first kappa shape index (κ1) is 7.07. The standard InChI is InChI=1S/C10H11/c1-3-9(2)10-7-5-4-6-8-10/h2,4-8H,3H2,1H3. The van der Waals surface area contributed by atoms with E-state index < -0.39 is 0 Å². The van der Waals surface area contributed by atoms with Crippen LogP contribution in [0.4, 0.5) is 0 Å². The summed E-state index contributed by atoms with van der Waals surface area (Å²) in [5, 5.41) is 0. The summed E-state index contributed by atoms with van der Waals surface area (Å²) in [6.07, 6.45) is 0.921. The van der Waals surface area contributed by atoms with E-state index in [0.29, 0.717) is 0 Å². The lowest BCUT2D eigenvalue weighted by Crippen LogP contribution is -1.77. The van der Waals surface area contributed by atoms with Crippen molar-refractivity contribution in [2.45, 2.75) is 13.3 Å². The van der Waals surface area contributed by atoms with Gasteiger partial charge in [0.05, 0.1) is 0 Å². The minimum absolute atomic E-state index is 0.921. The Morgan fingerprint density at radius 1 is 1.30 bits per heavy atom. The molecule has 0 nitrogen and oxygen atoms in total. The van der Waals surface area contributed by atoms with E-state index in [1.807, 2.05) is 30.3 Å². The van der Waals surface area contributed by atoms with Gasteiger partial charge in [0.1, 0.15) is 0 Å². The van der Waals surface area contributed by atoms with E-state index in [2.05, 4.69) is 6.92 Å². The van der Waals surface area contributed by atoms with E-state index in [1.165, 1.54) is 0 Å². The van der Waals surface area contributed by atoms with E-state index in [0.717, 1.165) is 17.6 Å². The third-order valence-corrected chi connectivity index (χ3v) is 1.53. The largest absolute Gasteiger partial charge is 0.0622 e. The third-order valence-electron chi connectivity index (χ3n) is 1.53. The SMILES string of the molecule is [CH]=C(CC)c1ccccc1. The molecule has 1 rings (SSSR count). The lowest BCUT2D eigenvalue weighted by Gasteiger charge is -1.99. The number of allylic oxidation sites excluding steroid dienone is 1. The summed E-state index contributed by atoms with van der Waals surface area (Å²) < 4.78 is 0. The van der Waals surface area contributed by atoms with Crippen LogP contribution in [0.25, 0.3) is 5.57 Å². The van der Waals surface area contributed by atoms with Crippen LogP contribution in [0.5, 0.6) is 0 Å². The van der Waals surface area contributed by atoms with Crippen LogP contribution in [-0.4, -0.2) is 0 Å².